The van der Waals surface area contributed by atoms with Crippen LogP contribution in [0.5, 0.6) is 0 Å². The van der Waals surface area contributed by atoms with E-state index < -0.39 is 0 Å². The van der Waals surface area contributed by atoms with Gasteiger partial charge in [0.25, 0.3) is 0 Å². The number of nitrogens with zero attached hydrogens (tertiary/aromatic N) is 2. The fraction of sp³-hybridized carbons (Fsp3) is 0.0250. The topological polar surface area (TPSA) is 28.8 Å². The highest BCUT2D eigenvalue weighted by atomic mass is 15.1. The number of para-hydroxylation sites is 2. The summed E-state index contributed by atoms with van der Waals surface area (Å²) in [5, 5.41) is 8.87. The van der Waals surface area contributed by atoms with E-state index in [0.717, 1.165) is 28.1 Å². The number of benzene rings is 6. The summed E-state index contributed by atoms with van der Waals surface area (Å²) in [6.45, 7) is 0. The van der Waals surface area contributed by atoms with Crippen molar-refractivity contribution in [3.63, 3.8) is 0 Å². The van der Waals surface area contributed by atoms with Crippen molar-refractivity contribution in [1.29, 1.82) is 0 Å². The lowest BCUT2D eigenvalue weighted by atomic mass is 9.99. The highest BCUT2D eigenvalue weighted by Gasteiger charge is 2.21. The van der Waals surface area contributed by atoms with E-state index in [1.165, 1.54) is 49.2 Å². The number of aliphatic imine (C=N–C) groups is 1. The van der Waals surface area contributed by atoms with Crippen LogP contribution in [0.4, 0.5) is 0 Å². The Morgan fingerprint density at radius 3 is 1.88 bits per heavy atom. The number of allylic oxidation sites excluding steroid dienone is 1. The Balaban J connectivity index is 1.21. The van der Waals surface area contributed by atoms with Crippen LogP contribution < -0.4 is 5.32 Å². The molecule has 1 atom stereocenters. The fourth-order valence-electron chi connectivity index (χ4n) is 6.71. The van der Waals surface area contributed by atoms with Gasteiger partial charge in [-0.3, -0.25) is 4.99 Å². The smallest absolute Gasteiger partial charge is 0.145 e. The van der Waals surface area contributed by atoms with Crippen molar-refractivity contribution in [3.05, 3.63) is 168 Å². The highest BCUT2D eigenvalue weighted by Crippen LogP contribution is 2.39. The first kappa shape index (κ1) is 24.0. The molecule has 6 aromatic carbocycles. The molecule has 202 valence electrons. The van der Waals surface area contributed by atoms with E-state index >= 15 is 0 Å². The molecule has 0 bridgehead atoms. The minimum Gasteiger partial charge on any atom is -0.360 e. The summed E-state index contributed by atoms with van der Waals surface area (Å²) in [4.78, 5) is 5.26. The summed E-state index contributed by atoms with van der Waals surface area (Å²) >= 11 is 0. The van der Waals surface area contributed by atoms with Crippen molar-refractivity contribution < 1.29 is 0 Å². The number of hydrogen-bond acceptors (Lipinski definition) is 2. The first-order chi connectivity index (χ1) is 21.3. The molecular weight excluding hydrogens is 522 g/mol. The van der Waals surface area contributed by atoms with E-state index in [1.54, 1.807) is 0 Å². The first-order valence-electron chi connectivity index (χ1n) is 14.8. The number of aromatic nitrogens is 1. The molecule has 0 aliphatic carbocycles. The Morgan fingerprint density at radius 2 is 1.09 bits per heavy atom. The van der Waals surface area contributed by atoms with Gasteiger partial charge in [-0.25, -0.2) is 0 Å². The van der Waals surface area contributed by atoms with Crippen molar-refractivity contribution in [3.8, 4) is 11.1 Å². The Labute approximate surface area is 249 Å². The molecule has 8 aromatic rings. The van der Waals surface area contributed by atoms with Crippen LogP contribution in [0.1, 0.15) is 22.9 Å². The number of rotatable bonds is 4. The Bertz CT molecular complexity index is 2340. The predicted molar refractivity (Wildman–Crippen MR) is 180 cm³/mol. The van der Waals surface area contributed by atoms with E-state index in [0.29, 0.717) is 0 Å². The third-order valence-electron chi connectivity index (χ3n) is 8.78. The molecule has 3 heterocycles. The molecule has 0 fully saturated rings. The van der Waals surface area contributed by atoms with Gasteiger partial charge in [-0.1, -0.05) is 133 Å². The molecule has 3 heteroatoms. The standard InChI is InChI=1S/C40H27N3/c1-3-10-26(11-4-1)27-18-20-28(21-19-27)35-25-36(42-40(41-35)29-12-5-2-6-13-29)30-22-23-32-34-16-9-15-33-31-14-7-8-17-37(31)43(39(33)34)38(32)24-30/h1-25,40-41H. The maximum Gasteiger partial charge on any atom is 0.145 e. The van der Waals surface area contributed by atoms with E-state index in [-0.39, 0.29) is 6.17 Å². The van der Waals surface area contributed by atoms with Crippen LogP contribution in [-0.2, 0) is 0 Å². The monoisotopic (exact) mass is 549 g/mol. The summed E-state index contributed by atoms with van der Waals surface area (Å²) in [7, 11) is 0. The van der Waals surface area contributed by atoms with Crippen LogP contribution in [0.15, 0.2) is 157 Å². The largest absolute Gasteiger partial charge is 0.360 e. The number of nitrogens with one attached hydrogen (secondary N) is 1. The molecule has 0 radical (unpaired) electrons. The van der Waals surface area contributed by atoms with E-state index in [9.17, 15) is 0 Å². The van der Waals surface area contributed by atoms with Gasteiger partial charge in [0, 0.05) is 32.8 Å². The van der Waals surface area contributed by atoms with Crippen LogP contribution in [0.25, 0.3) is 54.9 Å². The second kappa shape index (κ2) is 9.43. The maximum absolute atomic E-state index is 5.26. The van der Waals surface area contributed by atoms with Crippen LogP contribution >= 0.6 is 0 Å². The van der Waals surface area contributed by atoms with Gasteiger partial charge in [-0.05, 0) is 40.5 Å². The molecule has 3 nitrogen and oxygen atoms in total. The van der Waals surface area contributed by atoms with Crippen LogP contribution in [0, 0.1) is 0 Å². The second-order valence-corrected chi connectivity index (χ2v) is 11.3. The third kappa shape index (κ3) is 3.79. The number of hydrogen-bond donors (Lipinski definition) is 1. The van der Waals surface area contributed by atoms with Crippen LogP contribution in [0.2, 0.25) is 0 Å². The molecule has 0 spiro atoms. The summed E-state index contributed by atoms with van der Waals surface area (Å²) in [6, 6.07) is 52.0. The zero-order chi connectivity index (χ0) is 28.3. The van der Waals surface area contributed by atoms with E-state index in [2.05, 4.69) is 161 Å². The zero-order valence-corrected chi connectivity index (χ0v) is 23.4. The van der Waals surface area contributed by atoms with Crippen LogP contribution in [0.3, 0.4) is 0 Å². The fourth-order valence-corrected chi connectivity index (χ4v) is 6.71. The third-order valence-corrected chi connectivity index (χ3v) is 8.78. The van der Waals surface area contributed by atoms with Crippen molar-refractivity contribution in [2.75, 3.05) is 0 Å². The lowest BCUT2D eigenvalue weighted by Gasteiger charge is -2.25. The zero-order valence-electron chi connectivity index (χ0n) is 23.4. The molecule has 1 unspecified atom stereocenters. The first-order valence-corrected chi connectivity index (χ1v) is 14.8. The van der Waals surface area contributed by atoms with Gasteiger partial charge in [-0.2, -0.15) is 0 Å². The van der Waals surface area contributed by atoms with E-state index in [4.69, 9.17) is 4.99 Å². The maximum atomic E-state index is 5.26. The summed E-state index contributed by atoms with van der Waals surface area (Å²) in [5.74, 6) is 0. The van der Waals surface area contributed by atoms with Crippen LogP contribution in [-0.4, -0.2) is 10.1 Å². The van der Waals surface area contributed by atoms with Crippen molar-refractivity contribution in [2.45, 2.75) is 6.17 Å². The lowest BCUT2D eigenvalue weighted by molar-refractivity contribution is 0.664. The van der Waals surface area contributed by atoms with Gasteiger partial charge in [0.05, 0.1) is 22.3 Å². The van der Waals surface area contributed by atoms with Crippen molar-refractivity contribution in [1.82, 2.24) is 9.72 Å². The SMILES string of the molecule is C1=C(c2ccc(-c3ccccc3)cc2)NC(c2ccccc2)N=C1c1ccc2c3cccc4c5ccccc5n(c2c1)c43. The molecule has 1 N–H and O–H groups in total. The Hall–Kier alpha value is -5.67. The molecule has 43 heavy (non-hydrogen) atoms. The Kier molecular flexibility index (Phi) is 5.26. The molecular formula is C40H27N3. The minimum atomic E-state index is -0.186. The molecule has 2 aromatic heterocycles. The van der Waals surface area contributed by atoms with Crippen molar-refractivity contribution >= 4 is 49.5 Å². The predicted octanol–water partition coefficient (Wildman–Crippen LogP) is 9.64. The normalized spacial score (nSPS) is 15.2. The van der Waals surface area contributed by atoms with E-state index in [1.807, 2.05) is 0 Å². The minimum absolute atomic E-state index is 0.186. The molecule has 0 saturated heterocycles. The summed E-state index contributed by atoms with van der Waals surface area (Å²) in [6.07, 6.45) is 2.01. The van der Waals surface area contributed by atoms with Crippen molar-refractivity contribution in [2.24, 2.45) is 4.99 Å². The lowest BCUT2D eigenvalue weighted by Crippen LogP contribution is -2.24. The highest BCUT2D eigenvalue weighted by molar-refractivity contribution is 6.24. The number of fused-ring (bicyclic) bond motifs is 6. The molecule has 1 aliphatic heterocycles. The van der Waals surface area contributed by atoms with Gasteiger partial charge in [0.1, 0.15) is 6.17 Å². The second-order valence-electron chi connectivity index (χ2n) is 11.3. The molecule has 9 rings (SSSR count). The van der Waals surface area contributed by atoms with Gasteiger partial charge in [-0.15, -0.1) is 0 Å². The van der Waals surface area contributed by atoms with Gasteiger partial charge in [0.15, 0.2) is 0 Å². The molecule has 0 amide bonds. The quantitative estimate of drug-likeness (QED) is 0.233. The summed E-state index contributed by atoms with van der Waals surface area (Å²) < 4.78 is 2.43. The Morgan fingerprint density at radius 1 is 0.488 bits per heavy atom. The molecule has 0 saturated carbocycles. The average molecular weight is 550 g/mol. The van der Waals surface area contributed by atoms with Gasteiger partial charge >= 0.3 is 0 Å². The summed E-state index contributed by atoms with van der Waals surface area (Å²) in [5.41, 5.74) is 11.6. The average Bonchev–Trinajstić information content (AvgIpc) is 3.61. The van der Waals surface area contributed by atoms with Gasteiger partial charge < -0.3 is 9.72 Å². The van der Waals surface area contributed by atoms with Gasteiger partial charge in [0.2, 0.25) is 0 Å². The molecule has 1 aliphatic rings.